The molecule has 0 saturated heterocycles. The van der Waals surface area contributed by atoms with E-state index in [4.69, 9.17) is 9.84 Å². The summed E-state index contributed by atoms with van der Waals surface area (Å²) in [5, 5.41) is 11.8. The number of carboxylic acid groups (broad SMARTS) is 1. The van der Waals surface area contributed by atoms with Crippen LogP contribution in [0.4, 0.5) is 10.1 Å². The van der Waals surface area contributed by atoms with E-state index in [1.54, 1.807) is 6.92 Å². The van der Waals surface area contributed by atoms with Crippen LogP contribution in [0, 0.1) is 17.7 Å². The second-order valence-corrected chi connectivity index (χ2v) is 5.04. The van der Waals surface area contributed by atoms with Gasteiger partial charge in [0.1, 0.15) is 11.6 Å². The maximum absolute atomic E-state index is 13.2. The molecule has 0 bridgehead atoms. The summed E-state index contributed by atoms with van der Waals surface area (Å²) >= 11 is 0. The molecule has 2 rings (SSSR count). The van der Waals surface area contributed by atoms with E-state index in [1.807, 2.05) is 0 Å². The highest BCUT2D eigenvalue weighted by atomic mass is 19.1. The second kappa shape index (κ2) is 6.56. The predicted octanol–water partition coefficient (Wildman–Crippen LogP) is 2.66. The van der Waals surface area contributed by atoms with Gasteiger partial charge in [-0.05, 0) is 31.9 Å². The number of nitrogens with one attached hydrogen (secondary N) is 1. The van der Waals surface area contributed by atoms with Crippen molar-refractivity contribution in [2.24, 2.45) is 11.8 Å². The Morgan fingerprint density at radius 3 is 2.76 bits per heavy atom. The zero-order chi connectivity index (χ0) is 15.4. The van der Waals surface area contributed by atoms with Gasteiger partial charge < -0.3 is 15.2 Å². The highest BCUT2D eigenvalue weighted by Gasteiger charge is 2.37. The molecule has 1 fully saturated rings. The van der Waals surface area contributed by atoms with Gasteiger partial charge in [-0.15, -0.1) is 0 Å². The number of halogens is 1. The Morgan fingerprint density at radius 1 is 1.38 bits per heavy atom. The van der Waals surface area contributed by atoms with Gasteiger partial charge in [-0.25, -0.2) is 4.39 Å². The molecule has 2 atom stereocenters. The molecule has 114 valence electrons. The minimum atomic E-state index is -0.947. The Hall–Kier alpha value is -2.11. The zero-order valence-electron chi connectivity index (χ0n) is 11.8. The van der Waals surface area contributed by atoms with Gasteiger partial charge in [0.15, 0.2) is 0 Å². The number of carboxylic acids is 1. The maximum atomic E-state index is 13.2. The fourth-order valence-corrected chi connectivity index (χ4v) is 2.67. The number of aliphatic carboxylic acids is 1. The van der Waals surface area contributed by atoms with Crippen LogP contribution in [0.1, 0.15) is 26.2 Å². The summed E-state index contributed by atoms with van der Waals surface area (Å²) in [5.41, 5.74) is 0.360. The Labute approximate surface area is 122 Å². The van der Waals surface area contributed by atoms with Crippen molar-refractivity contribution in [2.45, 2.75) is 26.2 Å². The standard InChI is InChI=1S/C15H18FNO4/c1-2-21-13-8-9(16)6-7-12(13)17-14(18)10-4-3-5-11(10)15(19)20/h6-8,10-11H,2-5H2,1H3,(H,17,18)(H,19,20)/t10-,11+/m1/s1. The molecule has 0 heterocycles. The summed E-state index contributed by atoms with van der Waals surface area (Å²) < 4.78 is 18.5. The van der Waals surface area contributed by atoms with Crippen LogP contribution in [0.2, 0.25) is 0 Å². The highest BCUT2D eigenvalue weighted by molar-refractivity contribution is 5.96. The number of rotatable bonds is 5. The number of amides is 1. The lowest BCUT2D eigenvalue weighted by atomic mass is 9.95. The number of hydrogen-bond acceptors (Lipinski definition) is 3. The molecule has 1 aliphatic rings. The molecule has 1 aliphatic carbocycles. The predicted molar refractivity (Wildman–Crippen MR) is 74.7 cm³/mol. The summed E-state index contributed by atoms with van der Waals surface area (Å²) in [5.74, 6) is -2.72. The van der Waals surface area contributed by atoms with Crippen molar-refractivity contribution in [3.05, 3.63) is 24.0 Å². The van der Waals surface area contributed by atoms with Crippen molar-refractivity contribution < 1.29 is 23.8 Å². The fraction of sp³-hybridized carbons (Fsp3) is 0.467. The van der Waals surface area contributed by atoms with Gasteiger partial charge in [0, 0.05) is 6.07 Å². The number of benzene rings is 1. The molecule has 0 aromatic heterocycles. The van der Waals surface area contributed by atoms with E-state index in [0.29, 0.717) is 25.1 Å². The summed E-state index contributed by atoms with van der Waals surface area (Å²) in [4.78, 5) is 23.4. The first-order valence-electron chi connectivity index (χ1n) is 6.99. The lowest BCUT2D eigenvalue weighted by Crippen LogP contribution is -2.30. The molecule has 0 radical (unpaired) electrons. The van der Waals surface area contributed by atoms with Crippen LogP contribution in [0.15, 0.2) is 18.2 Å². The monoisotopic (exact) mass is 295 g/mol. The van der Waals surface area contributed by atoms with Gasteiger partial charge in [0.25, 0.3) is 0 Å². The average Bonchev–Trinajstić information content (AvgIpc) is 2.91. The van der Waals surface area contributed by atoms with E-state index in [-0.39, 0.29) is 11.7 Å². The van der Waals surface area contributed by atoms with Gasteiger partial charge in [-0.2, -0.15) is 0 Å². The maximum Gasteiger partial charge on any atom is 0.307 e. The SMILES string of the molecule is CCOc1cc(F)ccc1NC(=O)[C@@H]1CCC[C@@H]1C(=O)O. The Morgan fingerprint density at radius 2 is 2.10 bits per heavy atom. The van der Waals surface area contributed by atoms with Gasteiger partial charge in [-0.3, -0.25) is 9.59 Å². The van der Waals surface area contributed by atoms with E-state index in [2.05, 4.69) is 5.32 Å². The Kier molecular flexibility index (Phi) is 4.77. The van der Waals surface area contributed by atoms with E-state index >= 15 is 0 Å². The van der Waals surface area contributed by atoms with Crippen LogP contribution in [-0.2, 0) is 9.59 Å². The molecule has 2 N–H and O–H groups in total. The molecule has 0 aliphatic heterocycles. The summed E-state index contributed by atoms with van der Waals surface area (Å²) in [6.45, 7) is 2.10. The lowest BCUT2D eigenvalue weighted by molar-refractivity contribution is -0.145. The molecule has 0 unspecified atom stereocenters. The molecule has 1 amide bonds. The number of carbonyl (C=O) groups excluding carboxylic acids is 1. The van der Waals surface area contributed by atoms with Crippen molar-refractivity contribution in [3.63, 3.8) is 0 Å². The third kappa shape index (κ3) is 3.51. The molecule has 1 aromatic rings. The number of hydrogen-bond donors (Lipinski definition) is 2. The first-order chi connectivity index (χ1) is 10.0. The first kappa shape index (κ1) is 15.3. The van der Waals surface area contributed by atoms with Crippen LogP contribution in [-0.4, -0.2) is 23.6 Å². The summed E-state index contributed by atoms with van der Waals surface area (Å²) in [7, 11) is 0. The van der Waals surface area contributed by atoms with Crippen LogP contribution in [0.25, 0.3) is 0 Å². The van der Waals surface area contributed by atoms with E-state index in [0.717, 1.165) is 6.42 Å². The molecule has 21 heavy (non-hydrogen) atoms. The minimum Gasteiger partial charge on any atom is -0.492 e. The largest absolute Gasteiger partial charge is 0.492 e. The number of ether oxygens (including phenoxy) is 1. The zero-order valence-corrected chi connectivity index (χ0v) is 11.8. The molecule has 0 spiro atoms. The molecular weight excluding hydrogens is 277 g/mol. The fourth-order valence-electron chi connectivity index (χ4n) is 2.67. The molecule has 1 saturated carbocycles. The van der Waals surface area contributed by atoms with Crippen molar-refractivity contribution in [1.29, 1.82) is 0 Å². The molecule has 1 aromatic carbocycles. The summed E-state index contributed by atoms with van der Waals surface area (Å²) in [6, 6.07) is 3.84. The smallest absolute Gasteiger partial charge is 0.307 e. The van der Waals surface area contributed by atoms with Crippen molar-refractivity contribution in [3.8, 4) is 5.75 Å². The highest BCUT2D eigenvalue weighted by Crippen LogP contribution is 2.34. The van der Waals surface area contributed by atoms with Gasteiger partial charge in [-0.1, -0.05) is 6.42 Å². The molecule has 6 heteroatoms. The quantitative estimate of drug-likeness (QED) is 0.875. The van der Waals surface area contributed by atoms with E-state index in [9.17, 15) is 14.0 Å². The molecular formula is C15H18FNO4. The lowest BCUT2D eigenvalue weighted by Gasteiger charge is -2.17. The number of anilines is 1. The van der Waals surface area contributed by atoms with Crippen molar-refractivity contribution >= 4 is 17.6 Å². The third-order valence-electron chi connectivity index (χ3n) is 3.67. The van der Waals surface area contributed by atoms with Crippen LogP contribution >= 0.6 is 0 Å². The van der Waals surface area contributed by atoms with Gasteiger partial charge >= 0.3 is 5.97 Å². The van der Waals surface area contributed by atoms with E-state index in [1.165, 1.54) is 18.2 Å². The van der Waals surface area contributed by atoms with Crippen LogP contribution in [0.5, 0.6) is 5.75 Å². The Bertz CT molecular complexity index is 546. The van der Waals surface area contributed by atoms with E-state index < -0.39 is 23.6 Å². The van der Waals surface area contributed by atoms with Gasteiger partial charge in [0.2, 0.25) is 5.91 Å². The number of carbonyl (C=O) groups is 2. The van der Waals surface area contributed by atoms with Crippen LogP contribution < -0.4 is 10.1 Å². The van der Waals surface area contributed by atoms with Crippen molar-refractivity contribution in [1.82, 2.24) is 0 Å². The molecule has 5 nitrogen and oxygen atoms in total. The Balaban J connectivity index is 2.14. The normalized spacial score (nSPS) is 21.0. The van der Waals surface area contributed by atoms with Crippen molar-refractivity contribution in [2.75, 3.05) is 11.9 Å². The topological polar surface area (TPSA) is 75.6 Å². The second-order valence-electron chi connectivity index (χ2n) is 5.04. The first-order valence-corrected chi connectivity index (χ1v) is 6.99. The van der Waals surface area contributed by atoms with Crippen LogP contribution in [0.3, 0.4) is 0 Å². The third-order valence-corrected chi connectivity index (χ3v) is 3.67. The average molecular weight is 295 g/mol. The van der Waals surface area contributed by atoms with Gasteiger partial charge in [0.05, 0.1) is 24.1 Å². The minimum absolute atomic E-state index is 0.246. The summed E-state index contributed by atoms with van der Waals surface area (Å²) in [6.07, 6.45) is 1.78.